The lowest BCUT2D eigenvalue weighted by Gasteiger charge is -2.43. The summed E-state index contributed by atoms with van der Waals surface area (Å²) >= 11 is 1.64. The molecule has 0 unspecified atom stereocenters. The van der Waals surface area contributed by atoms with Crippen molar-refractivity contribution in [2.45, 2.75) is 39.1 Å². The fraction of sp³-hybridized carbons (Fsp3) is 0.385. The van der Waals surface area contributed by atoms with Crippen LogP contribution in [-0.2, 0) is 11.2 Å². The minimum absolute atomic E-state index is 0.00899. The molecule has 4 rings (SSSR count). The fourth-order valence-corrected chi connectivity index (χ4v) is 5.58. The summed E-state index contributed by atoms with van der Waals surface area (Å²) in [6.45, 7) is 12.6. The number of nitrogens with one attached hydrogen (secondary N) is 1. The van der Waals surface area contributed by atoms with Crippen LogP contribution in [0, 0.1) is 0 Å². The second-order valence-corrected chi connectivity index (χ2v) is 10.1. The highest BCUT2D eigenvalue weighted by atomic mass is 32.1. The predicted molar refractivity (Wildman–Crippen MR) is 139 cm³/mol. The number of aryl methyl sites for hydroxylation is 1. The van der Waals surface area contributed by atoms with E-state index in [1.54, 1.807) is 11.3 Å². The second-order valence-electron chi connectivity index (χ2n) is 9.34. The number of benzene rings is 1. The summed E-state index contributed by atoms with van der Waals surface area (Å²) in [5.74, 6) is -0.00899. The topological polar surface area (TPSA) is 52.7 Å². The summed E-state index contributed by atoms with van der Waals surface area (Å²) in [5, 5.41) is 7.52. The number of amides is 1. The molecule has 0 saturated carbocycles. The summed E-state index contributed by atoms with van der Waals surface area (Å²) in [7, 11) is 4.00. The molecule has 1 aromatic carbocycles. The summed E-state index contributed by atoms with van der Waals surface area (Å²) in [5.41, 5.74) is 7.06. The van der Waals surface area contributed by atoms with Gasteiger partial charge in [0.25, 0.3) is 5.91 Å². The van der Waals surface area contributed by atoms with Gasteiger partial charge in [0.1, 0.15) is 13.6 Å². The Hall–Kier alpha value is -2.64. The van der Waals surface area contributed by atoms with Crippen LogP contribution in [0.5, 0.6) is 0 Å². The van der Waals surface area contributed by atoms with Gasteiger partial charge >= 0.3 is 0 Å². The Morgan fingerprint density at radius 2 is 2.12 bits per heavy atom. The number of carbonyl (C=O) groups is 2. The van der Waals surface area contributed by atoms with Gasteiger partial charge in [-0.1, -0.05) is 24.9 Å². The zero-order valence-electron chi connectivity index (χ0n) is 19.9. The molecule has 2 aromatic rings. The van der Waals surface area contributed by atoms with E-state index in [2.05, 4.69) is 48.2 Å². The molecule has 2 aliphatic rings. The molecule has 33 heavy (non-hydrogen) atoms. The Balaban J connectivity index is 1.85. The molecule has 1 aliphatic heterocycles. The molecule has 7 heteroatoms. The van der Waals surface area contributed by atoms with Gasteiger partial charge in [-0.3, -0.25) is 9.59 Å². The van der Waals surface area contributed by atoms with Crippen molar-refractivity contribution >= 4 is 47.7 Å². The average molecular weight is 460 g/mol. The molecular weight excluding hydrogens is 429 g/mol. The van der Waals surface area contributed by atoms with Gasteiger partial charge in [0, 0.05) is 48.8 Å². The van der Waals surface area contributed by atoms with Gasteiger partial charge in [-0.15, -0.1) is 0 Å². The molecule has 2 heterocycles. The quantitative estimate of drug-likeness (QED) is 0.408. The standard InChI is InChI=1S/C26H31BN3O2S/c1-17(25(32)30-10-9-28-16-26(30,2)3)21-7-6-18-13-23(27-4)19(14-31)12-22(18)24(21)29(5)20-8-11-33-15-20/h8,11-15,28H,1,6-7,9-10,16H2,2-5H3. The molecule has 1 amide bonds. The average Bonchev–Trinajstić information content (AvgIpc) is 3.35. The van der Waals surface area contributed by atoms with Gasteiger partial charge in [-0.25, -0.2) is 0 Å². The van der Waals surface area contributed by atoms with Crippen LogP contribution in [0.15, 0.2) is 46.7 Å². The van der Waals surface area contributed by atoms with Crippen molar-refractivity contribution in [2.24, 2.45) is 0 Å². The van der Waals surface area contributed by atoms with E-state index < -0.39 is 0 Å². The number of thiophene rings is 1. The number of hydrogen-bond donors (Lipinski definition) is 1. The Labute approximate surface area is 201 Å². The Kier molecular flexibility index (Phi) is 6.64. The molecule has 1 fully saturated rings. The number of rotatable bonds is 6. The first-order valence-corrected chi connectivity index (χ1v) is 12.4. The fourth-order valence-electron chi connectivity index (χ4n) is 4.91. The number of hydrogen-bond acceptors (Lipinski definition) is 5. The number of fused-ring (bicyclic) bond motifs is 1. The van der Waals surface area contributed by atoms with Gasteiger partial charge in [0.15, 0.2) is 0 Å². The van der Waals surface area contributed by atoms with E-state index in [1.165, 1.54) is 5.56 Å². The van der Waals surface area contributed by atoms with Crippen molar-refractivity contribution in [3.8, 4) is 0 Å². The number of piperazine rings is 1. The van der Waals surface area contributed by atoms with E-state index in [0.717, 1.165) is 60.2 Å². The first-order valence-electron chi connectivity index (χ1n) is 11.4. The molecule has 1 N–H and O–H groups in total. The van der Waals surface area contributed by atoms with Gasteiger partial charge in [-0.05, 0) is 55.3 Å². The minimum atomic E-state index is -0.276. The van der Waals surface area contributed by atoms with Crippen LogP contribution in [0.25, 0.3) is 5.70 Å². The van der Waals surface area contributed by atoms with Crippen LogP contribution in [0.4, 0.5) is 5.69 Å². The molecule has 1 saturated heterocycles. The summed E-state index contributed by atoms with van der Waals surface area (Å²) in [4.78, 5) is 29.6. The smallest absolute Gasteiger partial charge is 0.254 e. The first kappa shape index (κ1) is 23.5. The van der Waals surface area contributed by atoms with Crippen molar-refractivity contribution in [3.63, 3.8) is 0 Å². The molecule has 1 radical (unpaired) electrons. The van der Waals surface area contributed by atoms with Crippen LogP contribution >= 0.6 is 11.3 Å². The number of nitrogens with zero attached hydrogens (tertiary/aromatic N) is 2. The number of aldehydes is 1. The third-order valence-corrected chi connectivity index (χ3v) is 7.50. The molecule has 0 spiro atoms. The molecule has 5 nitrogen and oxygen atoms in total. The van der Waals surface area contributed by atoms with Gasteiger partial charge in [-0.2, -0.15) is 11.3 Å². The van der Waals surface area contributed by atoms with E-state index in [1.807, 2.05) is 37.5 Å². The van der Waals surface area contributed by atoms with Crippen molar-refractivity contribution in [2.75, 3.05) is 31.6 Å². The molecular formula is C26H31BN3O2S. The van der Waals surface area contributed by atoms with Gasteiger partial charge in [0.05, 0.1) is 16.9 Å². The summed E-state index contributed by atoms with van der Waals surface area (Å²) in [6, 6.07) is 6.16. The SMILES string of the molecule is C=C(C(=O)N1CCNCC1(C)C)C1=C(N(C)c2ccsc2)c2cc(C=O)c([B]C)cc2CC1. The molecule has 1 aromatic heterocycles. The molecule has 0 bridgehead atoms. The lowest BCUT2D eigenvalue weighted by atomic mass is 9.69. The van der Waals surface area contributed by atoms with E-state index in [4.69, 9.17) is 0 Å². The highest BCUT2D eigenvalue weighted by Crippen LogP contribution is 2.39. The number of carbonyl (C=O) groups excluding carboxylic acids is 2. The first-order chi connectivity index (χ1) is 15.8. The Morgan fingerprint density at radius 3 is 2.76 bits per heavy atom. The van der Waals surface area contributed by atoms with Crippen LogP contribution in [0.1, 0.15) is 41.8 Å². The van der Waals surface area contributed by atoms with Crippen molar-refractivity contribution in [1.29, 1.82) is 0 Å². The van der Waals surface area contributed by atoms with Crippen LogP contribution in [0.3, 0.4) is 0 Å². The molecule has 1 aliphatic carbocycles. The maximum absolute atomic E-state index is 13.7. The Morgan fingerprint density at radius 1 is 1.33 bits per heavy atom. The predicted octanol–water partition coefficient (Wildman–Crippen LogP) is 3.50. The van der Waals surface area contributed by atoms with Crippen molar-refractivity contribution in [1.82, 2.24) is 10.2 Å². The maximum atomic E-state index is 13.7. The lowest BCUT2D eigenvalue weighted by molar-refractivity contribution is -0.133. The third kappa shape index (κ3) is 4.32. The highest BCUT2D eigenvalue weighted by Gasteiger charge is 2.36. The second kappa shape index (κ2) is 9.31. The van der Waals surface area contributed by atoms with E-state index in [9.17, 15) is 9.59 Å². The largest absolute Gasteiger partial charge is 0.343 e. The maximum Gasteiger partial charge on any atom is 0.254 e. The van der Waals surface area contributed by atoms with Crippen molar-refractivity contribution in [3.05, 3.63) is 63.4 Å². The van der Waals surface area contributed by atoms with E-state index >= 15 is 0 Å². The highest BCUT2D eigenvalue weighted by molar-refractivity contribution is 7.08. The van der Waals surface area contributed by atoms with E-state index in [0.29, 0.717) is 17.7 Å². The Bertz CT molecular complexity index is 1120. The van der Waals surface area contributed by atoms with E-state index in [-0.39, 0.29) is 11.4 Å². The monoisotopic (exact) mass is 460 g/mol. The van der Waals surface area contributed by atoms with Gasteiger partial charge in [0.2, 0.25) is 0 Å². The number of anilines is 1. The van der Waals surface area contributed by atoms with Crippen LogP contribution in [-0.4, -0.2) is 56.6 Å². The van der Waals surface area contributed by atoms with Crippen LogP contribution < -0.4 is 15.7 Å². The van der Waals surface area contributed by atoms with Gasteiger partial charge < -0.3 is 15.1 Å². The summed E-state index contributed by atoms with van der Waals surface area (Å²) < 4.78 is 0. The molecule has 171 valence electrons. The lowest BCUT2D eigenvalue weighted by Crippen LogP contribution is -2.60. The normalized spacial score (nSPS) is 17.4. The minimum Gasteiger partial charge on any atom is -0.343 e. The van der Waals surface area contributed by atoms with Crippen LogP contribution in [0.2, 0.25) is 6.82 Å². The third-order valence-electron chi connectivity index (χ3n) is 6.83. The molecule has 0 atom stereocenters. The zero-order chi connectivity index (χ0) is 23.8. The zero-order valence-corrected chi connectivity index (χ0v) is 20.7. The van der Waals surface area contributed by atoms with Crippen molar-refractivity contribution < 1.29 is 9.59 Å². The summed E-state index contributed by atoms with van der Waals surface area (Å²) in [6.07, 6.45) is 2.45.